The highest BCUT2D eigenvalue weighted by molar-refractivity contribution is 7.99. The highest BCUT2D eigenvalue weighted by atomic mass is 35.5. The van der Waals surface area contributed by atoms with Gasteiger partial charge in [0.25, 0.3) is 5.91 Å². The second-order valence-electron chi connectivity index (χ2n) is 7.57. The number of hydrogen-bond donors (Lipinski definition) is 1. The van der Waals surface area contributed by atoms with Gasteiger partial charge in [0.05, 0.1) is 18.6 Å². The second kappa shape index (κ2) is 11.7. The average Bonchev–Trinajstić information content (AvgIpc) is 3.29. The van der Waals surface area contributed by atoms with Crippen molar-refractivity contribution in [2.75, 3.05) is 12.4 Å². The molecule has 0 spiro atoms. The van der Waals surface area contributed by atoms with Crippen molar-refractivity contribution in [2.24, 2.45) is 5.10 Å². The van der Waals surface area contributed by atoms with Crippen molar-refractivity contribution in [3.63, 3.8) is 0 Å². The zero-order valence-corrected chi connectivity index (χ0v) is 20.9. The number of rotatable bonds is 9. The van der Waals surface area contributed by atoms with Crippen LogP contribution in [0.15, 0.2) is 83.1 Å². The minimum atomic E-state index is -0.243. The number of hydrogen-bond acceptors (Lipinski definition) is 6. The molecule has 0 saturated carbocycles. The molecule has 0 fully saturated rings. The first-order valence-corrected chi connectivity index (χ1v) is 12.4. The summed E-state index contributed by atoms with van der Waals surface area (Å²) < 4.78 is 7.47. The lowest BCUT2D eigenvalue weighted by Gasteiger charge is -2.11. The van der Waals surface area contributed by atoms with Gasteiger partial charge in [0, 0.05) is 16.3 Å². The Labute approximate surface area is 213 Å². The number of aryl methyl sites for hydroxylation is 1. The molecule has 0 aliphatic rings. The number of hydrazone groups is 1. The lowest BCUT2D eigenvalue weighted by Crippen LogP contribution is -2.20. The van der Waals surface area contributed by atoms with Gasteiger partial charge in [-0.15, -0.1) is 10.2 Å². The van der Waals surface area contributed by atoms with Gasteiger partial charge in [-0.05, 0) is 67.9 Å². The van der Waals surface area contributed by atoms with E-state index < -0.39 is 0 Å². The van der Waals surface area contributed by atoms with Gasteiger partial charge in [0.1, 0.15) is 5.75 Å². The lowest BCUT2D eigenvalue weighted by atomic mass is 10.2. The molecule has 0 saturated heterocycles. The quantitative estimate of drug-likeness (QED) is 0.183. The average molecular weight is 506 g/mol. The van der Waals surface area contributed by atoms with E-state index in [2.05, 4.69) is 20.7 Å². The number of aromatic nitrogens is 3. The molecule has 4 aromatic rings. The Morgan fingerprint density at radius 3 is 2.46 bits per heavy atom. The topological polar surface area (TPSA) is 81.4 Å². The van der Waals surface area contributed by atoms with Crippen molar-refractivity contribution in [1.82, 2.24) is 20.2 Å². The zero-order valence-electron chi connectivity index (χ0n) is 19.3. The summed E-state index contributed by atoms with van der Waals surface area (Å²) in [6.45, 7) is 4.55. The van der Waals surface area contributed by atoms with E-state index in [9.17, 15) is 4.79 Å². The molecule has 0 aliphatic carbocycles. The van der Waals surface area contributed by atoms with Gasteiger partial charge in [0.2, 0.25) is 0 Å². The molecule has 1 aromatic heterocycles. The SMILES string of the molecule is CCOc1ccc(-n2c(SCC(=O)NN=Cc3ccc(C)cc3)nnc2-c2ccc(Cl)cc2)cc1. The maximum absolute atomic E-state index is 12.4. The third kappa shape index (κ3) is 6.49. The molecule has 1 heterocycles. The number of halogens is 1. The summed E-state index contributed by atoms with van der Waals surface area (Å²) in [4.78, 5) is 12.4. The largest absolute Gasteiger partial charge is 0.494 e. The molecule has 9 heteroatoms. The van der Waals surface area contributed by atoms with Crippen LogP contribution in [0.2, 0.25) is 5.02 Å². The van der Waals surface area contributed by atoms with Gasteiger partial charge >= 0.3 is 0 Å². The summed E-state index contributed by atoms with van der Waals surface area (Å²) in [6, 6.07) is 22.9. The Balaban J connectivity index is 1.52. The number of carbonyl (C=O) groups excluding carboxylic acids is 1. The number of nitrogens with zero attached hydrogens (tertiary/aromatic N) is 4. The van der Waals surface area contributed by atoms with Gasteiger partial charge in [-0.3, -0.25) is 9.36 Å². The van der Waals surface area contributed by atoms with Crippen LogP contribution in [0, 0.1) is 6.92 Å². The molecule has 1 amide bonds. The first-order valence-electron chi connectivity index (χ1n) is 11.0. The van der Waals surface area contributed by atoms with Crippen LogP contribution in [-0.2, 0) is 4.79 Å². The third-order valence-electron chi connectivity index (χ3n) is 4.95. The van der Waals surface area contributed by atoms with E-state index in [4.69, 9.17) is 16.3 Å². The number of thioether (sulfide) groups is 1. The molecule has 7 nitrogen and oxygen atoms in total. The highest BCUT2D eigenvalue weighted by Crippen LogP contribution is 2.29. The van der Waals surface area contributed by atoms with E-state index in [1.807, 2.05) is 79.1 Å². The van der Waals surface area contributed by atoms with Crippen LogP contribution < -0.4 is 10.2 Å². The van der Waals surface area contributed by atoms with E-state index >= 15 is 0 Å². The first kappa shape index (κ1) is 24.5. The number of nitrogens with one attached hydrogen (secondary N) is 1. The van der Waals surface area contributed by atoms with Crippen molar-refractivity contribution < 1.29 is 9.53 Å². The first-order chi connectivity index (χ1) is 17.0. The van der Waals surface area contributed by atoms with Crippen molar-refractivity contribution in [3.05, 3.63) is 88.9 Å². The highest BCUT2D eigenvalue weighted by Gasteiger charge is 2.17. The van der Waals surface area contributed by atoms with Crippen LogP contribution in [0.4, 0.5) is 0 Å². The summed E-state index contributed by atoms with van der Waals surface area (Å²) in [5.74, 6) is 1.30. The molecule has 3 aromatic carbocycles. The van der Waals surface area contributed by atoms with Gasteiger partial charge in [-0.1, -0.05) is 53.2 Å². The number of benzene rings is 3. The van der Waals surface area contributed by atoms with Crippen molar-refractivity contribution in [2.45, 2.75) is 19.0 Å². The molecule has 1 N–H and O–H groups in total. The summed E-state index contributed by atoms with van der Waals surface area (Å²) in [5, 5.41) is 14.0. The standard InChI is InChI=1S/C26H24ClN5O2S/c1-3-34-23-14-12-22(13-15-23)32-25(20-8-10-21(27)11-9-20)30-31-26(32)35-17-24(33)29-28-16-19-6-4-18(2)5-7-19/h4-16H,3,17H2,1-2H3,(H,29,33). The Bertz CT molecular complexity index is 1300. The number of ether oxygens (including phenoxy) is 1. The van der Waals surface area contributed by atoms with E-state index in [1.165, 1.54) is 11.8 Å². The van der Waals surface area contributed by atoms with Crippen molar-refractivity contribution >= 4 is 35.5 Å². The molecule has 0 bridgehead atoms. The van der Waals surface area contributed by atoms with Crippen LogP contribution in [0.5, 0.6) is 5.75 Å². The smallest absolute Gasteiger partial charge is 0.250 e. The molecule has 0 atom stereocenters. The Morgan fingerprint density at radius 2 is 1.77 bits per heavy atom. The van der Waals surface area contributed by atoms with Gasteiger partial charge in [-0.2, -0.15) is 5.10 Å². The maximum Gasteiger partial charge on any atom is 0.250 e. The lowest BCUT2D eigenvalue weighted by molar-refractivity contribution is -0.118. The summed E-state index contributed by atoms with van der Waals surface area (Å²) in [5.41, 5.74) is 6.34. The fraction of sp³-hybridized carbons (Fsp3) is 0.154. The Hall–Kier alpha value is -3.62. The summed E-state index contributed by atoms with van der Waals surface area (Å²) in [7, 11) is 0. The van der Waals surface area contributed by atoms with Crippen LogP contribution in [-0.4, -0.2) is 39.2 Å². The summed E-state index contributed by atoms with van der Waals surface area (Å²) in [6.07, 6.45) is 1.61. The number of carbonyl (C=O) groups is 1. The second-order valence-corrected chi connectivity index (χ2v) is 8.95. The molecular weight excluding hydrogens is 482 g/mol. The van der Waals surface area contributed by atoms with Crippen LogP contribution in [0.3, 0.4) is 0 Å². The monoisotopic (exact) mass is 505 g/mol. The molecule has 0 aliphatic heterocycles. The molecule has 35 heavy (non-hydrogen) atoms. The minimum Gasteiger partial charge on any atom is -0.494 e. The Morgan fingerprint density at radius 1 is 1.06 bits per heavy atom. The van der Waals surface area contributed by atoms with Crippen LogP contribution in [0.1, 0.15) is 18.1 Å². The van der Waals surface area contributed by atoms with Gasteiger partial charge in [-0.25, -0.2) is 5.43 Å². The van der Waals surface area contributed by atoms with Crippen molar-refractivity contribution in [1.29, 1.82) is 0 Å². The zero-order chi connectivity index (χ0) is 24.6. The maximum atomic E-state index is 12.4. The van der Waals surface area contributed by atoms with Crippen molar-refractivity contribution in [3.8, 4) is 22.8 Å². The van der Waals surface area contributed by atoms with Crippen LogP contribution >= 0.6 is 23.4 Å². The molecule has 0 radical (unpaired) electrons. The fourth-order valence-corrected chi connectivity index (χ4v) is 4.10. The van der Waals surface area contributed by atoms with Gasteiger partial charge < -0.3 is 4.74 Å². The minimum absolute atomic E-state index is 0.126. The predicted octanol–water partition coefficient (Wildman–Crippen LogP) is 5.54. The normalized spacial score (nSPS) is 11.1. The van der Waals surface area contributed by atoms with E-state index in [1.54, 1.807) is 18.3 Å². The van der Waals surface area contributed by atoms with E-state index in [-0.39, 0.29) is 11.7 Å². The van der Waals surface area contributed by atoms with E-state index in [0.29, 0.717) is 22.6 Å². The van der Waals surface area contributed by atoms with E-state index in [0.717, 1.165) is 28.1 Å². The third-order valence-corrected chi connectivity index (χ3v) is 6.14. The molecule has 178 valence electrons. The van der Waals surface area contributed by atoms with Crippen LogP contribution in [0.25, 0.3) is 17.1 Å². The molecule has 0 unspecified atom stereocenters. The summed E-state index contributed by atoms with van der Waals surface area (Å²) >= 11 is 7.34. The molecular formula is C26H24ClN5O2S. The Kier molecular flexibility index (Phi) is 8.18. The fourth-order valence-electron chi connectivity index (χ4n) is 3.23. The van der Waals surface area contributed by atoms with Gasteiger partial charge in [0.15, 0.2) is 11.0 Å². The predicted molar refractivity (Wildman–Crippen MR) is 141 cm³/mol. The molecule has 4 rings (SSSR count). The number of amides is 1.